The summed E-state index contributed by atoms with van der Waals surface area (Å²) in [5.74, 6) is 0.806. The third kappa shape index (κ3) is 8.18. The number of carbonyl (C=O) groups excluding carboxylic acids is 2. The lowest BCUT2D eigenvalue weighted by molar-refractivity contribution is -0.117. The molecule has 0 aromatic heterocycles. The van der Waals surface area contributed by atoms with Crippen LogP contribution in [0.2, 0.25) is 0 Å². The number of phenolic OH excluding ortho intramolecular Hbond substituents is 1. The Labute approximate surface area is 188 Å². The van der Waals surface area contributed by atoms with Gasteiger partial charge in [-0.1, -0.05) is 18.2 Å². The number of rotatable bonds is 11. The van der Waals surface area contributed by atoms with Gasteiger partial charge in [-0.05, 0) is 66.8 Å². The van der Waals surface area contributed by atoms with E-state index in [1.807, 2.05) is 25.1 Å². The van der Waals surface area contributed by atoms with Gasteiger partial charge in [0.1, 0.15) is 5.75 Å². The highest BCUT2D eigenvalue weighted by Gasteiger charge is 2.02. The molecule has 0 saturated carbocycles. The minimum Gasteiger partial charge on any atom is -0.504 e. The van der Waals surface area contributed by atoms with E-state index in [0.29, 0.717) is 18.8 Å². The highest BCUT2D eigenvalue weighted by atomic mass is 16.5. The van der Waals surface area contributed by atoms with Gasteiger partial charge < -0.3 is 25.2 Å². The van der Waals surface area contributed by atoms with Crippen LogP contribution < -0.4 is 20.1 Å². The van der Waals surface area contributed by atoms with E-state index >= 15 is 0 Å². The number of ether oxygens (including phenoxy) is 2. The van der Waals surface area contributed by atoms with Gasteiger partial charge in [-0.3, -0.25) is 9.59 Å². The van der Waals surface area contributed by atoms with E-state index in [9.17, 15) is 14.7 Å². The van der Waals surface area contributed by atoms with Crippen molar-refractivity contribution >= 4 is 24.0 Å². The summed E-state index contributed by atoms with van der Waals surface area (Å²) in [5.41, 5.74) is 2.68. The molecule has 0 unspecified atom stereocenters. The van der Waals surface area contributed by atoms with Gasteiger partial charge in [0, 0.05) is 25.2 Å². The van der Waals surface area contributed by atoms with Crippen molar-refractivity contribution in [2.45, 2.75) is 19.8 Å². The van der Waals surface area contributed by atoms with Crippen LogP contribution in [0.4, 0.5) is 0 Å². The van der Waals surface area contributed by atoms with Crippen molar-refractivity contribution < 1.29 is 24.2 Å². The van der Waals surface area contributed by atoms with Crippen LogP contribution in [0.15, 0.2) is 48.6 Å². The fourth-order valence-electron chi connectivity index (χ4n) is 2.87. The highest BCUT2D eigenvalue weighted by molar-refractivity contribution is 5.92. The van der Waals surface area contributed by atoms with Crippen LogP contribution >= 0.6 is 0 Å². The molecular weight excluding hydrogens is 408 g/mol. The summed E-state index contributed by atoms with van der Waals surface area (Å²) in [4.78, 5) is 23.8. The first-order chi connectivity index (χ1) is 15.4. The van der Waals surface area contributed by atoms with Gasteiger partial charge in [-0.15, -0.1) is 0 Å². The Balaban J connectivity index is 1.63. The number of amides is 2. The topological polar surface area (TPSA) is 96.9 Å². The summed E-state index contributed by atoms with van der Waals surface area (Å²) >= 11 is 0. The number of carbonyl (C=O) groups is 2. The number of nitrogens with one attached hydrogen (secondary N) is 2. The molecule has 32 heavy (non-hydrogen) atoms. The lowest BCUT2D eigenvalue weighted by atomic mass is 10.1. The van der Waals surface area contributed by atoms with Gasteiger partial charge in [-0.2, -0.15) is 0 Å². The van der Waals surface area contributed by atoms with E-state index in [4.69, 9.17) is 9.47 Å². The van der Waals surface area contributed by atoms with Crippen LogP contribution in [0, 0.1) is 6.92 Å². The van der Waals surface area contributed by atoms with E-state index < -0.39 is 0 Å². The Morgan fingerprint density at radius 1 is 0.844 bits per heavy atom. The summed E-state index contributed by atoms with van der Waals surface area (Å²) in [6, 6.07) is 10.6. The van der Waals surface area contributed by atoms with E-state index in [0.717, 1.165) is 35.3 Å². The molecule has 2 amide bonds. The lowest BCUT2D eigenvalue weighted by Gasteiger charge is -2.05. The Morgan fingerprint density at radius 2 is 1.34 bits per heavy atom. The Hall–Kier alpha value is -3.74. The van der Waals surface area contributed by atoms with Crippen LogP contribution in [0.3, 0.4) is 0 Å². The first kappa shape index (κ1) is 24.5. The summed E-state index contributed by atoms with van der Waals surface area (Å²) in [6.45, 7) is 3.00. The molecule has 3 N–H and O–H groups in total. The third-order valence-electron chi connectivity index (χ3n) is 4.69. The molecule has 2 aromatic carbocycles. The fraction of sp³-hybridized carbons (Fsp3) is 0.280. The number of benzene rings is 2. The summed E-state index contributed by atoms with van der Waals surface area (Å²) in [7, 11) is 3.09. The average molecular weight is 439 g/mol. The van der Waals surface area contributed by atoms with Gasteiger partial charge in [-0.25, -0.2) is 0 Å². The van der Waals surface area contributed by atoms with Crippen molar-refractivity contribution in [1.82, 2.24) is 10.6 Å². The van der Waals surface area contributed by atoms with Crippen molar-refractivity contribution in [3.8, 4) is 17.2 Å². The van der Waals surface area contributed by atoms with Crippen LogP contribution in [0.25, 0.3) is 12.2 Å². The monoisotopic (exact) mass is 438 g/mol. The number of hydrogen-bond donors (Lipinski definition) is 3. The van der Waals surface area contributed by atoms with Crippen molar-refractivity contribution in [3.05, 3.63) is 65.2 Å². The van der Waals surface area contributed by atoms with Crippen LogP contribution in [0.1, 0.15) is 29.5 Å². The molecule has 2 rings (SSSR count). The average Bonchev–Trinajstić information content (AvgIpc) is 2.80. The highest BCUT2D eigenvalue weighted by Crippen LogP contribution is 2.26. The molecule has 0 spiro atoms. The van der Waals surface area contributed by atoms with Crippen LogP contribution in [-0.2, 0) is 9.59 Å². The Morgan fingerprint density at radius 3 is 1.88 bits per heavy atom. The number of hydrogen-bond acceptors (Lipinski definition) is 5. The Kier molecular flexibility index (Phi) is 9.84. The van der Waals surface area contributed by atoms with Crippen molar-refractivity contribution in [1.29, 1.82) is 0 Å². The quantitative estimate of drug-likeness (QED) is 0.369. The summed E-state index contributed by atoms with van der Waals surface area (Å²) < 4.78 is 10.3. The maximum atomic E-state index is 11.9. The second-order valence-electron chi connectivity index (χ2n) is 7.12. The first-order valence-corrected chi connectivity index (χ1v) is 10.4. The van der Waals surface area contributed by atoms with Crippen molar-refractivity contribution in [2.75, 3.05) is 27.3 Å². The zero-order valence-electron chi connectivity index (χ0n) is 18.7. The van der Waals surface area contributed by atoms with E-state index in [2.05, 4.69) is 10.6 Å². The molecule has 0 aliphatic heterocycles. The molecule has 0 aliphatic carbocycles. The zero-order chi connectivity index (χ0) is 23.3. The molecule has 0 atom stereocenters. The lowest BCUT2D eigenvalue weighted by Crippen LogP contribution is -2.25. The fourth-order valence-corrected chi connectivity index (χ4v) is 2.87. The number of methoxy groups -OCH3 is 2. The van der Waals surface area contributed by atoms with Crippen molar-refractivity contribution in [2.24, 2.45) is 0 Å². The molecule has 7 heteroatoms. The normalized spacial score (nSPS) is 11.0. The number of aromatic hydroxyl groups is 1. The molecule has 0 fully saturated rings. The van der Waals surface area contributed by atoms with Crippen LogP contribution in [-0.4, -0.2) is 44.2 Å². The predicted octanol–water partition coefficient (Wildman–Crippen LogP) is 3.46. The maximum absolute atomic E-state index is 11.9. The standard InChI is InChI=1S/C25H30N2O5/c1-18-6-7-19(16-22(18)31-2)9-12-24(29)26-14-4-5-15-27-25(30)13-10-20-8-11-21(28)23(17-20)32-3/h6-13,16-17,28H,4-5,14-15H2,1-3H3,(H,26,29)(H,27,30). The molecule has 0 bridgehead atoms. The van der Waals surface area contributed by atoms with E-state index in [1.54, 1.807) is 31.4 Å². The van der Waals surface area contributed by atoms with Crippen LogP contribution in [0.5, 0.6) is 17.2 Å². The Bertz CT molecular complexity index is 903. The SMILES string of the molecule is COc1cc(C=CC(=O)NCCCCNC(=O)C=Cc2ccc(O)c(OC)c2)ccc1C. The maximum Gasteiger partial charge on any atom is 0.243 e. The molecular formula is C25H30N2O5. The summed E-state index contributed by atoms with van der Waals surface area (Å²) in [5, 5.41) is 15.2. The zero-order valence-corrected chi connectivity index (χ0v) is 18.7. The summed E-state index contributed by atoms with van der Waals surface area (Å²) in [6.07, 6.45) is 7.80. The molecule has 7 nitrogen and oxygen atoms in total. The number of phenols is 1. The van der Waals surface area contributed by atoms with Crippen molar-refractivity contribution in [3.63, 3.8) is 0 Å². The number of aryl methyl sites for hydroxylation is 1. The first-order valence-electron chi connectivity index (χ1n) is 10.4. The van der Waals surface area contributed by atoms with Gasteiger partial charge in [0.2, 0.25) is 11.8 Å². The predicted molar refractivity (Wildman–Crippen MR) is 126 cm³/mol. The molecule has 170 valence electrons. The number of unbranched alkanes of at least 4 members (excludes halogenated alkanes) is 1. The van der Waals surface area contributed by atoms with Gasteiger partial charge >= 0.3 is 0 Å². The molecule has 0 saturated heterocycles. The van der Waals surface area contributed by atoms with Gasteiger partial charge in [0.15, 0.2) is 11.5 Å². The molecule has 0 aliphatic rings. The minimum absolute atomic E-state index is 0.0482. The minimum atomic E-state index is -0.211. The van der Waals surface area contributed by atoms with E-state index in [1.165, 1.54) is 25.3 Å². The largest absolute Gasteiger partial charge is 0.504 e. The molecule has 2 aromatic rings. The molecule has 0 heterocycles. The van der Waals surface area contributed by atoms with Gasteiger partial charge in [0.25, 0.3) is 0 Å². The van der Waals surface area contributed by atoms with Gasteiger partial charge in [0.05, 0.1) is 14.2 Å². The second kappa shape index (κ2) is 12.8. The smallest absolute Gasteiger partial charge is 0.243 e. The second-order valence-corrected chi connectivity index (χ2v) is 7.12. The van der Waals surface area contributed by atoms with E-state index in [-0.39, 0.29) is 17.6 Å². The third-order valence-corrected chi connectivity index (χ3v) is 4.69. The molecule has 0 radical (unpaired) electrons.